The summed E-state index contributed by atoms with van der Waals surface area (Å²) in [6, 6.07) is 10.4. The van der Waals surface area contributed by atoms with Gasteiger partial charge >= 0.3 is 6.18 Å². The number of nitrogens with one attached hydrogen (secondary N) is 3. The Morgan fingerprint density at radius 3 is 2.41 bits per heavy atom. The van der Waals surface area contributed by atoms with Gasteiger partial charge in [0.2, 0.25) is 5.91 Å². The first-order valence-corrected chi connectivity index (χ1v) is 11.7. The van der Waals surface area contributed by atoms with Crippen molar-refractivity contribution in [1.82, 2.24) is 15.6 Å². The molecule has 7 nitrogen and oxygen atoms in total. The zero-order chi connectivity index (χ0) is 26.7. The van der Waals surface area contributed by atoms with Crippen LogP contribution >= 0.6 is 11.6 Å². The number of nitrogens with zero attached hydrogens (tertiary/aromatic N) is 1. The maximum atomic E-state index is 13.1. The number of carbonyl (C=O) groups excluding carboxylic acids is 3. The first-order chi connectivity index (χ1) is 17.5. The van der Waals surface area contributed by atoms with Crippen molar-refractivity contribution < 1.29 is 27.6 Å². The number of anilines is 1. The fourth-order valence-corrected chi connectivity index (χ4v) is 3.70. The molecule has 1 atom stereocenters. The van der Waals surface area contributed by atoms with Gasteiger partial charge in [0.1, 0.15) is 6.04 Å². The molecule has 11 heteroatoms. The molecule has 0 spiro atoms. The number of pyridine rings is 1. The van der Waals surface area contributed by atoms with Crippen LogP contribution in [0.1, 0.15) is 46.0 Å². The Morgan fingerprint density at radius 1 is 0.973 bits per heavy atom. The number of aromatic nitrogens is 1. The number of alkyl halides is 3. The Kier molecular flexibility index (Phi) is 7.49. The minimum Gasteiger partial charge on any atom is -0.349 e. The van der Waals surface area contributed by atoms with Gasteiger partial charge in [0.25, 0.3) is 11.8 Å². The van der Waals surface area contributed by atoms with Gasteiger partial charge in [-0.3, -0.25) is 19.4 Å². The van der Waals surface area contributed by atoms with Gasteiger partial charge in [0.15, 0.2) is 0 Å². The largest absolute Gasteiger partial charge is 0.417 e. The molecule has 0 bridgehead atoms. The minimum absolute atomic E-state index is 0.108. The molecule has 0 radical (unpaired) electrons. The van der Waals surface area contributed by atoms with Crippen LogP contribution < -0.4 is 16.0 Å². The third-order valence-corrected chi connectivity index (χ3v) is 5.98. The fourth-order valence-electron chi connectivity index (χ4n) is 3.47. The van der Waals surface area contributed by atoms with Crippen molar-refractivity contribution in [2.75, 3.05) is 5.32 Å². The highest BCUT2D eigenvalue weighted by atomic mass is 35.5. The minimum atomic E-state index is -4.68. The molecule has 0 unspecified atom stereocenters. The lowest BCUT2D eigenvalue weighted by molar-refractivity contribution is -0.137. The van der Waals surface area contributed by atoms with E-state index >= 15 is 0 Å². The number of hydrogen-bond donors (Lipinski definition) is 3. The number of rotatable bonds is 7. The second-order valence-electron chi connectivity index (χ2n) is 8.67. The van der Waals surface area contributed by atoms with E-state index in [9.17, 15) is 27.6 Å². The van der Waals surface area contributed by atoms with Gasteiger partial charge in [0, 0.05) is 35.2 Å². The molecule has 1 aliphatic rings. The van der Waals surface area contributed by atoms with Crippen LogP contribution in [-0.4, -0.2) is 34.8 Å². The third kappa shape index (κ3) is 6.65. The molecular formula is C26H22ClF3N4O3. The van der Waals surface area contributed by atoms with Crippen molar-refractivity contribution >= 4 is 35.0 Å². The van der Waals surface area contributed by atoms with E-state index in [0.717, 1.165) is 25.0 Å². The number of amides is 3. The second-order valence-corrected chi connectivity index (χ2v) is 9.07. The zero-order valence-electron chi connectivity index (χ0n) is 19.5. The number of hydrogen-bond acceptors (Lipinski definition) is 4. The number of carbonyl (C=O) groups is 3. The Labute approximate surface area is 215 Å². The molecule has 1 aromatic heterocycles. The summed E-state index contributed by atoms with van der Waals surface area (Å²) in [5.74, 6) is -1.49. The van der Waals surface area contributed by atoms with Gasteiger partial charge < -0.3 is 16.0 Å². The molecule has 4 rings (SSSR count). The van der Waals surface area contributed by atoms with E-state index in [1.165, 1.54) is 19.2 Å². The summed E-state index contributed by atoms with van der Waals surface area (Å²) in [6.45, 7) is 1.41. The van der Waals surface area contributed by atoms with E-state index in [-0.39, 0.29) is 23.2 Å². The summed E-state index contributed by atoms with van der Waals surface area (Å²) in [5.41, 5.74) is 0.731. The van der Waals surface area contributed by atoms with Crippen LogP contribution in [0.4, 0.5) is 18.9 Å². The molecule has 3 amide bonds. The SMILES string of the molecule is C[C@H](NC(=O)c1cccc(-c2cncc(C(=O)NC3CC3)c2)c1)C(=O)Nc1ccc(Cl)c(C(F)(F)F)c1. The summed E-state index contributed by atoms with van der Waals surface area (Å²) in [4.78, 5) is 41.8. The first-order valence-electron chi connectivity index (χ1n) is 11.4. The van der Waals surface area contributed by atoms with Crippen molar-refractivity contribution in [3.63, 3.8) is 0 Å². The van der Waals surface area contributed by atoms with Crippen LogP contribution in [0.3, 0.4) is 0 Å². The van der Waals surface area contributed by atoms with E-state index < -0.39 is 34.6 Å². The molecule has 2 aromatic carbocycles. The third-order valence-electron chi connectivity index (χ3n) is 5.65. The van der Waals surface area contributed by atoms with Crippen molar-refractivity contribution in [2.24, 2.45) is 0 Å². The standard InChI is InChI=1S/C26H22ClF3N4O3/c1-14(23(35)34-20-7-8-22(27)21(11-20)26(28,29)30)32-24(36)16-4-2-3-15(9-16)17-10-18(13-31-12-17)25(37)33-19-5-6-19/h2-4,7-14,19H,5-6H2,1H3,(H,32,36)(H,33,37)(H,34,35)/t14-/m0/s1. The smallest absolute Gasteiger partial charge is 0.349 e. The van der Waals surface area contributed by atoms with Crippen molar-refractivity contribution in [1.29, 1.82) is 0 Å². The van der Waals surface area contributed by atoms with E-state index in [0.29, 0.717) is 16.7 Å². The van der Waals surface area contributed by atoms with Crippen LogP contribution in [0.5, 0.6) is 0 Å². The summed E-state index contributed by atoms with van der Waals surface area (Å²) in [6.07, 6.45) is 0.277. The van der Waals surface area contributed by atoms with E-state index in [1.54, 1.807) is 36.5 Å². The van der Waals surface area contributed by atoms with Gasteiger partial charge in [-0.15, -0.1) is 0 Å². The molecule has 37 heavy (non-hydrogen) atoms. The normalized spacial score (nSPS) is 14.0. The summed E-state index contributed by atoms with van der Waals surface area (Å²) < 4.78 is 39.2. The highest BCUT2D eigenvalue weighted by molar-refractivity contribution is 6.31. The topological polar surface area (TPSA) is 100 Å². The quantitative estimate of drug-likeness (QED) is 0.397. The number of halogens is 4. The molecular weight excluding hydrogens is 509 g/mol. The molecule has 1 saturated carbocycles. The van der Waals surface area contributed by atoms with Crippen LogP contribution in [0, 0.1) is 0 Å². The molecule has 3 N–H and O–H groups in total. The Balaban J connectivity index is 1.43. The van der Waals surface area contributed by atoms with Crippen LogP contribution in [0.15, 0.2) is 60.9 Å². The van der Waals surface area contributed by atoms with Gasteiger partial charge in [-0.2, -0.15) is 13.2 Å². The molecule has 0 aliphatic heterocycles. The Bertz CT molecular complexity index is 1360. The molecule has 1 aliphatic carbocycles. The first kappa shape index (κ1) is 26.2. The summed E-state index contributed by atoms with van der Waals surface area (Å²) >= 11 is 5.61. The van der Waals surface area contributed by atoms with Crippen LogP contribution in [-0.2, 0) is 11.0 Å². The highest BCUT2D eigenvalue weighted by Crippen LogP contribution is 2.36. The van der Waals surface area contributed by atoms with Crippen molar-refractivity contribution in [3.8, 4) is 11.1 Å². The maximum Gasteiger partial charge on any atom is 0.417 e. The maximum absolute atomic E-state index is 13.1. The van der Waals surface area contributed by atoms with Gasteiger partial charge in [-0.1, -0.05) is 23.7 Å². The number of benzene rings is 2. The molecule has 1 heterocycles. The molecule has 0 saturated heterocycles. The van der Waals surface area contributed by atoms with E-state index in [4.69, 9.17) is 11.6 Å². The van der Waals surface area contributed by atoms with Gasteiger partial charge in [-0.05, 0) is 61.7 Å². The fraction of sp³-hybridized carbons (Fsp3) is 0.231. The van der Waals surface area contributed by atoms with E-state index in [1.807, 2.05) is 0 Å². The average molecular weight is 531 g/mol. The zero-order valence-corrected chi connectivity index (χ0v) is 20.3. The highest BCUT2D eigenvalue weighted by Gasteiger charge is 2.33. The van der Waals surface area contributed by atoms with Gasteiger partial charge in [-0.25, -0.2) is 0 Å². The van der Waals surface area contributed by atoms with Crippen molar-refractivity contribution in [2.45, 2.75) is 38.0 Å². The lowest BCUT2D eigenvalue weighted by atomic mass is 10.0. The molecule has 192 valence electrons. The van der Waals surface area contributed by atoms with Crippen LogP contribution in [0.2, 0.25) is 5.02 Å². The average Bonchev–Trinajstić information content (AvgIpc) is 3.68. The lowest BCUT2D eigenvalue weighted by Gasteiger charge is -2.16. The molecule has 3 aromatic rings. The Morgan fingerprint density at radius 2 is 1.70 bits per heavy atom. The Hall–Kier alpha value is -3.92. The van der Waals surface area contributed by atoms with E-state index in [2.05, 4.69) is 20.9 Å². The predicted octanol–water partition coefficient (Wildman–Crippen LogP) is 5.07. The summed E-state index contributed by atoms with van der Waals surface area (Å²) in [7, 11) is 0. The summed E-state index contributed by atoms with van der Waals surface area (Å²) in [5, 5.41) is 7.29. The van der Waals surface area contributed by atoms with Crippen LogP contribution in [0.25, 0.3) is 11.1 Å². The second kappa shape index (κ2) is 10.6. The monoisotopic (exact) mass is 530 g/mol. The lowest BCUT2D eigenvalue weighted by Crippen LogP contribution is -2.41. The molecule has 1 fully saturated rings. The predicted molar refractivity (Wildman–Crippen MR) is 132 cm³/mol. The van der Waals surface area contributed by atoms with Crippen molar-refractivity contribution in [3.05, 3.63) is 82.6 Å². The van der Waals surface area contributed by atoms with Gasteiger partial charge in [0.05, 0.1) is 16.1 Å².